The number of fused-ring (bicyclic) bond motifs is 2. The number of hydrogen-bond donors (Lipinski definition) is 1. The molecular formula is C28H27N3O. The summed E-state index contributed by atoms with van der Waals surface area (Å²) in [5.41, 5.74) is 3.59. The van der Waals surface area contributed by atoms with Gasteiger partial charge in [-0.25, -0.2) is 0 Å². The van der Waals surface area contributed by atoms with Crippen LogP contribution in [0.15, 0.2) is 66.9 Å². The maximum atomic E-state index is 9.97. The minimum absolute atomic E-state index is 0.638. The van der Waals surface area contributed by atoms with Gasteiger partial charge in [0.25, 0.3) is 0 Å². The third kappa shape index (κ3) is 4.26. The van der Waals surface area contributed by atoms with E-state index in [9.17, 15) is 5.26 Å². The Morgan fingerprint density at radius 2 is 1.88 bits per heavy atom. The number of H-pyrrole nitrogens is 1. The molecule has 5 rings (SSSR count). The van der Waals surface area contributed by atoms with Crippen LogP contribution < -0.4 is 4.74 Å². The molecule has 4 aromatic rings. The number of hydrogen-bond acceptors (Lipinski definition) is 3. The lowest BCUT2D eigenvalue weighted by atomic mass is 9.99. The summed E-state index contributed by atoms with van der Waals surface area (Å²) in [5.74, 6) is 0.849. The molecule has 3 aromatic carbocycles. The normalized spacial score (nSPS) is 14.8. The summed E-state index contributed by atoms with van der Waals surface area (Å²) in [4.78, 5) is 5.81. The van der Waals surface area contributed by atoms with Gasteiger partial charge in [-0.3, -0.25) is 0 Å². The Morgan fingerprint density at radius 1 is 1.03 bits per heavy atom. The summed E-state index contributed by atoms with van der Waals surface area (Å²) in [5, 5.41) is 13.3. The van der Waals surface area contributed by atoms with E-state index in [2.05, 4.69) is 40.2 Å². The standard InChI is InChI=1S/C28H27N3O/c29-19-23(17-22-9-5-8-21-7-1-2-10-25(21)22)27-20-30-28-12-11-24(18-26(27)28)32-16-6-15-31-13-3-4-14-31/h1-2,5,7-12,17-18,20,30H,3-4,6,13-16H2/b23-17+. The molecule has 32 heavy (non-hydrogen) atoms. The Morgan fingerprint density at radius 3 is 2.75 bits per heavy atom. The molecule has 0 spiro atoms. The van der Waals surface area contributed by atoms with E-state index in [0.29, 0.717) is 12.2 Å². The van der Waals surface area contributed by atoms with Gasteiger partial charge >= 0.3 is 0 Å². The average Bonchev–Trinajstić information content (AvgIpc) is 3.50. The quantitative estimate of drug-likeness (QED) is 0.283. The van der Waals surface area contributed by atoms with Gasteiger partial charge in [-0.15, -0.1) is 0 Å². The lowest BCUT2D eigenvalue weighted by Crippen LogP contribution is -2.21. The molecular weight excluding hydrogens is 394 g/mol. The first-order valence-corrected chi connectivity index (χ1v) is 11.4. The predicted octanol–water partition coefficient (Wildman–Crippen LogP) is 6.25. The van der Waals surface area contributed by atoms with Crippen molar-refractivity contribution in [1.29, 1.82) is 5.26 Å². The third-order valence-corrected chi connectivity index (χ3v) is 6.27. The molecule has 4 nitrogen and oxygen atoms in total. The summed E-state index contributed by atoms with van der Waals surface area (Å²) < 4.78 is 6.04. The number of likely N-dealkylation sites (tertiary alicyclic amines) is 1. The smallest absolute Gasteiger partial charge is 0.120 e. The van der Waals surface area contributed by atoms with E-state index in [-0.39, 0.29) is 0 Å². The topological polar surface area (TPSA) is 52.1 Å². The van der Waals surface area contributed by atoms with E-state index in [4.69, 9.17) is 4.74 Å². The molecule has 160 valence electrons. The van der Waals surface area contributed by atoms with Gasteiger partial charge in [0.05, 0.1) is 18.2 Å². The molecule has 0 bridgehead atoms. The molecule has 1 aliphatic rings. The first kappa shape index (κ1) is 20.4. The Labute approximate surface area is 188 Å². The largest absolute Gasteiger partial charge is 0.494 e. The lowest BCUT2D eigenvalue weighted by Gasteiger charge is -2.14. The third-order valence-electron chi connectivity index (χ3n) is 6.27. The van der Waals surface area contributed by atoms with E-state index in [1.54, 1.807) is 0 Å². The Bertz CT molecular complexity index is 1300. The maximum Gasteiger partial charge on any atom is 0.120 e. The van der Waals surface area contributed by atoms with E-state index in [1.807, 2.05) is 48.7 Å². The number of nitriles is 1. The fourth-order valence-electron chi connectivity index (χ4n) is 4.60. The van der Waals surface area contributed by atoms with Crippen LogP contribution in [0.2, 0.25) is 0 Å². The molecule has 0 unspecified atom stereocenters. The fourth-order valence-corrected chi connectivity index (χ4v) is 4.60. The summed E-state index contributed by atoms with van der Waals surface area (Å²) in [6.07, 6.45) is 7.57. The van der Waals surface area contributed by atoms with Crippen molar-refractivity contribution in [3.05, 3.63) is 78.0 Å². The summed E-state index contributed by atoms with van der Waals surface area (Å²) in [7, 11) is 0. The molecule has 0 aliphatic carbocycles. The first-order valence-electron chi connectivity index (χ1n) is 11.4. The van der Waals surface area contributed by atoms with E-state index in [1.165, 1.54) is 31.3 Å². The van der Waals surface area contributed by atoms with Crippen LogP contribution in [0.25, 0.3) is 33.3 Å². The number of nitrogens with zero attached hydrogens (tertiary/aromatic N) is 2. The van der Waals surface area contributed by atoms with E-state index < -0.39 is 0 Å². The molecule has 0 radical (unpaired) electrons. The highest BCUT2D eigenvalue weighted by Crippen LogP contribution is 2.31. The van der Waals surface area contributed by atoms with Crippen LogP contribution >= 0.6 is 0 Å². The Kier molecular flexibility index (Phi) is 5.91. The average molecular weight is 422 g/mol. The molecule has 1 aliphatic heterocycles. The van der Waals surface area contributed by atoms with Crippen molar-refractivity contribution in [3.8, 4) is 11.8 Å². The van der Waals surface area contributed by atoms with Crippen LogP contribution in [0.4, 0.5) is 0 Å². The Hall–Kier alpha value is -3.55. The summed E-state index contributed by atoms with van der Waals surface area (Å²) in [6.45, 7) is 4.25. The second-order valence-corrected chi connectivity index (χ2v) is 8.40. The van der Waals surface area contributed by atoms with E-state index >= 15 is 0 Å². The number of aromatic amines is 1. The van der Waals surface area contributed by atoms with Crippen molar-refractivity contribution in [3.63, 3.8) is 0 Å². The second kappa shape index (κ2) is 9.30. The Balaban J connectivity index is 1.39. The summed E-state index contributed by atoms with van der Waals surface area (Å²) in [6, 6.07) is 22.9. The number of nitrogens with one attached hydrogen (secondary N) is 1. The zero-order valence-corrected chi connectivity index (χ0v) is 18.2. The van der Waals surface area contributed by atoms with Crippen LogP contribution in [0.1, 0.15) is 30.4 Å². The SMILES string of the molecule is N#C/C(=C\c1cccc2ccccc12)c1c[nH]c2ccc(OCCCN3CCCC3)cc12. The van der Waals surface area contributed by atoms with Crippen LogP contribution in [0.5, 0.6) is 5.75 Å². The van der Waals surface area contributed by atoms with Crippen molar-refractivity contribution in [2.75, 3.05) is 26.2 Å². The van der Waals surface area contributed by atoms with Gasteiger partial charge in [0, 0.05) is 29.2 Å². The molecule has 1 aromatic heterocycles. The van der Waals surface area contributed by atoms with Crippen LogP contribution in [-0.2, 0) is 0 Å². The van der Waals surface area contributed by atoms with Crippen molar-refractivity contribution < 1.29 is 4.74 Å². The molecule has 1 N–H and O–H groups in total. The van der Waals surface area contributed by atoms with E-state index in [0.717, 1.165) is 46.1 Å². The summed E-state index contributed by atoms with van der Waals surface area (Å²) >= 11 is 0. The molecule has 0 saturated carbocycles. The molecule has 1 saturated heterocycles. The maximum absolute atomic E-state index is 9.97. The zero-order valence-electron chi connectivity index (χ0n) is 18.2. The van der Waals surface area contributed by atoms with Gasteiger partial charge in [0.1, 0.15) is 5.75 Å². The van der Waals surface area contributed by atoms with Gasteiger partial charge < -0.3 is 14.6 Å². The van der Waals surface area contributed by atoms with Gasteiger partial charge in [0.2, 0.25) is 0 Å². The molecule has 4 heteroatoms. The van der Waals surface area contributed by atoms with Gasteiger partial charge in [-0.05, 0) is 73.0 Å². The first-order chi connectivity index (χ1) is 15.8. The van der Waals surface area contributed by atoms with Crippen molar-refractivity contribution in [2.24, 2.45) is 0 Å². The molecule has 0 amide bonds. The molecule has 1 fully saturated rings. The van der Waals surface area contributed by atoms with Crippen LogP contribution in [0.3, 0.4) is 0 Å². The zero-order chi connectivity index (χ0) is 21.8. The number of ether oxygens (including phenoxy) is 1. The number of aromatic nitrogens is 1. The minimum Gasteiger partial charge on any atom is -0.494 e. The number of allylic oxidation sites excluding steroid dienone is 1. The van der Waals surface area contributed by atoms with Crippen LogP contribution in [-0.4, -0.2) is 36.1 Å². The minimum atomic E-state index is 0.638. The number of benzene rings is 3. The van der Waals surface area contributed by atoms with Crippen molar-refractivity contribution in [2.45, 2.75) is 19.3 Å². The van der Waals surface area contributed by atoms with Crippen LogP contribution in [0, 0.1) is 11.3 Å². The highest BCUT2D eigenvalue weighted by Gasteiger charge is 2.12. The fraction of sp³-hybridized carbons (Fsp3) is 0.250. The highest BCUT2D eigenvalue weighted by molar-refractivity contribution is 6.04. The van der Waals surface area contributed by atoms with Crippen molar-refractivity contribution >= 4 is 33.3 Å². The lowest BCUT2D eigenvalue weighted by molar-refractivity contribution is 0.263. The molecule has 0 atom stereocenters. The second-order valence-electron chi connectivity index (χ2n) is 8.40. The van der Waals surface area contributed by atoms with Crippen molar-refractivity contribution in [1.82, 2.24) is 9.88 Å². The monoisotopic (exact) mass is 421 g/mol. The predicted molar refractivity (Wildman–Crippen MR) is 132 cm³/mol. The number of rotatable bonds is 7. The van der Waals surface area contributed by atoms with Gasteiger partial charge in [-0.2, -0.15) is 5.26 Å². The van der Waals surface area contributed by atoms with Gasteiger partial charge in [-0.1, -0.05) is 42.5 Å². The van der Waals surface area contributed by atoms with Gasteiger partial charge in [0.15, 0.2) is 0 Å². The molecule has 2 heterocycles. The highest BCUT2D eigenvalue weighted by atomic mass is 16.5.